The fourth-order valence-electron chi connectivity index (χ4n) is 1.64. The van der Waals surface area contributed by atoms with Crippen LogP contribution in [0.25, 0.3) is 0 Å². The lowest BCUT2D eigenvalue weighted by atomic mass is 10.1. The molecular weight excluding hydrogens is 331 g/mol. The molecule has 2 aromatic carbocycles. The van der Waals surface area contributed by atoms with Crippen LogP contribution in [0.2, 0.25) is 5.02 Å². The van der Waals surface area contributed by atoms with Gasteiger partial charge in [-0.3, -0.25) is 0 Å². The first-order valence-corrected chi connectivity index (χ1v) is 6.65. The molecule has 0 atom stereocenters. The molecule has 0 aliphatic heterocycles. The lowest BCUT2D eigenvalue weighted by Gasteiger charge is -2.10. The average molecular weight is 340 g/mol. The summed E-state index contributed by atoms with van der Waals surface area (Å²) in [5, 5.41) is 12.6. The summed E-state index contributed by atoms with van der Waals surface area (Å²) >= 11 is 9.27. The van der Waals surface area contributed by atoms with E-state index in [-0.39, 0.29) is 5.56 Å². The summed E-state index contributed by atoms with van der Waals surface area (Å²) in [6.07, 6.45) is 0. The van der Waals surface area contributed by atoms with Crippen LogP contribution >= 0.6 is 27.5 Å². The van der Waals surface area contributed by atoms with Gasteiger partial charge in [-0.2, -0.15) is 5.26 Å². The number of anilines is 1. The molecule has 0 unspecified atom stereocenters. The molecule has 0 aromatic heterocycles. The predicted molar refractivity (Wildman–Crippen MR) is 77.6 cm³/mol. The van der Waals surface area contributed by atoms with Crippen molar-refractivity contribution >= 4 is 33.2 Å². The molecule has 0 saturated carbocycles. The van der Waals surface area contributed by atoms with Crippen molar-refractivity contribution in [3.8, 4) is 6.07 Å². The number of nitriles is 1. The summed E-state index contributed by atoms with van der Waals surface area (Å²) in [6, 6.07) is 11.8. The Morgan fingerprint density at radius 3 is 2.79 bits per heavy atom. The summed E-state index contributed by atoms with van der Waals surface area (Å²) < 4.78 is 14.3. The SMILES string of the molecule is N#Cc1c(F)cccc1NCc1ccc(Cl)cc1Br. The Morgan fingerprint density at radius 2 is 2.11 bits per heavy atom. The monoisotopic (exact) mass is 338 g/mol. The lowest BCUT2D eigenvalue weighted by molar-refractivity contribution is 0.624. The van der Waals surface area contributed by atoms with E-state index in [1.54, 1.807) is 24.3 Å². The molecule has 0 radical (unpaired) electrons. The van der Waals surface area contributed by atoms with Gasteiger partial charge in [0.1, 0.15) is 17.4 Å². The largest absolute Gasteiger partial charge is 0.380 e. The molecule has 2 nitrogen and oxygen atoms in total. The minimum Gasteiger partial charge on any atom is -0.380 e. The third-order valence-electron chi connectivity index (χ3n) is 2.61. The zero-order chi connectivity index (χ0) is 13.8. The van der Waals surface area contributed by atoms with Gasteiger partial charge in [0.2, 0.25) is 0 Å². The van der Waals surface area contributed by atoms with Crippen molar-refractivity contribution in [2.24, 2.45) is 0 Å². The van der Waals surface area contributed by atoms with Crippen LogP contribution in [0.4, 0.5) is 10.1 Å². The summed E-state index contributed by atoms with van der Waals surface area (Å²) in [6.45, 7) is 0.468. The molecule has 5 heteroatoms. The third kappa shape index (κ3) is 3.25. The van der Waals surface area contributed by atoms with Gasteiger partial charge < -0.3 is 5.32 Å². The number of benzene rings is 2. The third-order valence-corrected chi connectivity index (χ3v) is 3.58. The van der Waals surface area contributed by atoms with Gasteiger partial charge in [-0.15, -0.1) is 0 Å². The van der Waals surface area contributed by atoms with Crippen LogP contribution in [0.5, 0.6) is 0 Å². The number of halogens is 3. The van der Waals surface area contributed by atoms with Crippen LogP contribution in [0.3, 0.4) is 0 Å². The molecular formula is C14H9BrClFN2. The second-order valence-corrected chi connectivity index (χ2v) is 5.15. The molecule has 19 heavy (non-hydrogen) atoms. The van der Waals surface area contributed by atoms with E-state index < -0.39 is 5.82 Å². The molecule has 2 aromatic rings. The van der Waals surface area contributed by atoms with Gasteiger partial charge in [0.05, 0.1) is 5.69 Å². The van der Waals surface area contributed by atoms with E-state index >= 15 is 0 Å². The highest BCUT2D eigenvalue weighted by atomic mass is 79.9. The van der Waals surface area contributed by atoms with E-state index in [2.05, 4.69) is 21.2 Å². The number of hydrogen-bond donors (Lipinski definition) is 1. The first-order valence-electron chi connectivity index (χ1n) is 5.48. The second kappa shape index (κ2) is 6.05. The fourth-order valence-corrected chi connectivity index (χ4v) is 2.46. The van der Waals surface area contributed by atoms with Crippen LogP contribution in [0.15, 0.2) is 40.9 Å². The fraction of sp³-hybridized carbons (Fsp3) is 0.0714. The highest BCUT2D eigenvalue weighted by Gasteiger charge is 2.08. The summed E-state index contributed by atoms with van der Waals surface area (Å²) in [7, 11) is 0. The Kier molecular flexibility index (Phi) is 4.41. The van der Waals surface area contributed by atoms with Crippen LogP contribution < -0.4 is 5.32 Å². The smallest absolute Gasteiger partial charge is 0.143 e. The molecule has 0 fully saturated rings. The molecule has 0 bridgehead atoms. The second-order valence-electron chi connectivity index (χ2n) is 3.86. The Balaban J connectivity index is 2.20. The van der Waals surface area contributed by atoms with E-state index in [1.807, 2.05) is 12.1 Å². The van der Waals surface area contributed by atoms with E-state index in [4.69, 9.17) is 16.9 Å². The molecule has 1 N–H and O–H groups in total. The maximum atomic E-state index is 13.4. The predicted octanol–water partition coefficient (Wildman–Crippen LogP) is 4.73. The average Bonchev–Trinajstić information content (AvgIpc) is 2.38. The molecule has 0 heterocycles. The zero-order valence-electron chi connectivity index (χ0n) is 9.75. The molecule has 0 amide bonds. The Labute approximate surface area is 123 Å². The highest BCUT2D eigenvalue weighted by molar-refractivity contribution is 9.10. The molecule has 0 aliphatic carbocycles. The van der Waals surface area contributed by atoms with E-state index in [0.717, 1.165) is 10.0 Å². The number of rotatable bonds is 3. The number of nitrogens with zero attached hydrogens (tertiary/aromatic N) is 1. The van der Waals surface area contributed by atoms with Crippen LogP contribution in [0, 0.1) is 17.1 Å². The van der Waals surface area contributed by atoms with Crippen molar-refractivity contribution in [1.29, 1.82) is 5.26 Å². The minimum atomic E-state index is -0.525. The minimum absolute atomic E-state index is 0.0209. The van der Waals surface area contributed by atoms with Gasteiger partial charge >= 0.3 is 0 Å². The molecule has 0 aliphatic rings. The molecule has 2 rings (SSSR count). The van der Waals surface area contributed by atoms with Crippen molar-refractivity contribution in [3.63, 3.8) is 0 Å². The van der Waals surface area contributed by atoms with Gasteiger partial charge in [0, 0.05) is 16.0 Å². The van der Waals surface area contributed by atoms with Gasteiger partial charge in [-0.1, -0.05) is 39.7 Å². The van der Waals surface area contributed by atoms with Crippen LogP contribution in [-0.4, -0.2) is 0 Å². The summed E-state index contributed by atoms with van der Waals surface area (Å²) in [5.41, 5.74) is 1.47. The van der Waals surface area contributed by atoms with Crippen molar-refractivity contribution < 1.29 is 4.39 Å². The van der Waals surface area contributed by atoms with E-state index in [1.165, 1.54) is 6.07 Å². The molecule has 0 saturated heterocycles. The normalized spacial score (nSPS) is 10.0. The molecule has 0 spiro atoms. The maximum Gasteiger partial charge on any atom is 0.143 e. The Bertz CT molecular complexity index is 652. The quantitative estimate of drug-likeness (QED) is 0.878. The van der Waals surface area contributed by atoms with Crippen molar-refractivity contribution in [2.45, 2.75) is 6.54 Å². The summed E-state index contributed by atoms with van der Waals surface area (Å²) in [5.74, 6) is -0.525. The standard InChI is InChI=1S/C14H9BrClFN2/c15-12-6-10(16)5-4-9(12)8-19-14-3-1-2-13(17)11(14)7-18/h1-6,19H,8H2. The molecule has 96 valence electrons. The maximum absolute atomic E-state index is 13.4. The zero-order valence-corrected chi connectivity index (χ0v) is 12.1. The first kappa shape index (κ1) is 13.9. The van der Waals surface area contributed by atoms with Crippen LogP contribution in [0.1, 0.15) is 11.1 Å². The highest BCUT2D eigenvalue weighted by Crippen LogP contribution is 2.24. The first-order chi connectivity index (χ1) is 9.11. The Hall–Kier alpha value is -1.57. The van der Waals surface area contributed by atoms with Gasteiger partial charge in [-0.25, -0.2) is 4.39 Å². The topological polar surface area (TPSA) is 35.8 Å². The van der Waals surface area contributed by atoms with Crippen LogP contribution in [-0.2, 0) is 6.54 Å². The van der Waals surface area contributed by atoms with Gasteiger partial charge in [0.25, 0.3) is 0 Å². The number of hydrogen-bond acceptors (Lipinski definition) is 2. The number of nitrogens with one attached hydrogen (secondary N) is 1. The summed E-state index contributed by atoms with van der Waals surface area (Å²) in [4.78, 5) is 0. The van der Waals surface area contributed by atoms with E-state index in [9.17, 15) is 4.39 Å². The lowest BCUT2D eigenvalue weighted by Crippen LogP contribution is -2.03. The van der Waals surface area contributed by atoms with Gasteiger partial charge in [-0.05, 0) is 29.8 Å². The van der Waals surface area contributed by atoms with Gasteiger partial charge in [0.15, 0.2) is 0 Å². The Morgan fingerprint density at radius 1 is 1.32 bits per heavy atom. The van der Waals surface area contributed by atoms with Crippen molar-refractivity contribution in [1.82, 2.24) is 0 Å². The van der Waals surface area contributed by atoms with Crippen molar-refractivity contribution in [2.75, 3.05) is 5.32 Å². The van der Waals surface area contributed by atoms with E-state index in [0.29, 0.717) is 17.3 Å². The van der Waals surface area contributed by atoms with Crippen molar-refractivity contribution in [3.05, 3.63) is 62.8 Å².